The first-order valence-electron chi connectivity index (χ1n) is 5.29. The second kappa shape index (κ2) is 5.23. The molecule has 0 spiro atoms. The molecule has 1 unspecified atom stereocenters. The topological polar surface area (TPSA) is 40.7 Å². The van der Waals surface area contributed by atoms with Crippen LogP contribution in [0.5, 0.6) is 0 Å². The number of H-pyrrole nitrogens is 1. The van der Waals surface area contributed by atoms with Crippen LogP contribution in [-0.2, 0) is 0 Å². The lowest BCUT2D eigenvalue weighted by Crippen LogP contribution is -2.08. The van der Waals surface area contributed by atoms with Crippen molar-refractivity contribution < 1.29 is 0 Å². The van der Waals surface area contributed by atoms with Crippen LogP contribution in [0.25, 0.3) is 0 Å². The van der Waals surface area contributed by atoms with Crippen molar-refractivity contribution >= 4 is 37.5 Å². The van der Waals surface area contributed by atoms with Crippen LogP contribution in [0.1, 0.15) is 24.2 Å². The summed E-state index contributed by atoms with van der Waals surface area (Å²) in [6, 6.07) is 6.32. The molecule has 0 fully saturated rings. The van der Waals surface area contributed by atoms with Crippen molar-refractivity contribution in [3.63, 3.8) is 0 Å². The van der Waals surface area contributed by atoms with Gasteiger partial charge < -0.3 is 5.32 Å². The van der Waals surface area contributed by atoms with E-state index >= 15 is 0 Å². The Morgan fingerprint density at radius 1 is 1.29 bits per heavy atom. The maximum atomic E-state index is 3.96. The molecule has 1 atom stereocenters. The number of benzene rings is 1. The van der Waals surface area contributed by atoms with E-state index in [0.717, 1.165) is 20.3 Å². The summed E-state index contributed by atoms with van der Waals surface area (Å²) in [4.78, 5) is 0. The molecule has 1 aromatic carbocycles. The Bertz CT molecular complexity index is 485. The van der Waals surface area contributed by atoms with Gasteiger partial charge >= 0.3 is 0 Å². The largest absolute Gasteiger partial charge is 0.375 e. The highest BCUT2D eigenvalue weighted by atomic mass is 79.9. The van der Waals surface area contributed by atoms with E-state index in [1.54, 1.807) is 6.20 Å². The Morgan fingerprint density at radius 3 is 2.47 bits per heavy atom. The smallest absolute Gasteiger partial charge is 0.0652 e. The lowest BCUT2D eigenvalue weighted by atomic mass is 10.2. The summed E-state index contributed by atoms with van der Waals surface area (Å²) in [5.74, 6) is 0. The summed E-state index contributed by atoms with van der Waals surface area (Å²) in [6.07, 6.45) is 1.76. The number of hydrogen-bond donors (Lipinski definition) is 2. The molecule has 0 bridgehead atoms. The van der Waals surface area contributed by atoms with Gasteiger partial charge in [-0.1, -0.05) is 0 Å². The Kier molecular flexibility index (Phi) is 3.89. The van der Waals surface area contributed by atoms with E-state index in [4.69, 9.17) is 0 Å². The van der Waals surface area contributed by atoms with Crippen molar-refractivity contribution in [2.24, 2.45) is 0 Å². The molecule has 2 rings (SSSR count). The molecule has 0 aliphatic rings. The Labute approximate surface area is 117 Å². The van der Waals surface area contributed by atoms with Crippen LogP contribution in [0.4, 0.5) is 5.69 Å². The second-order valence-electron chi connectivity index (χ2n) is 3.98. The van der Waals surface area contributed by atoms with Gasteiger partial charge in [0, 0.05) is 15.1 Å². The summed E-state index contributed by atoms with van der Waals surface area (Å²) in [5, 5.41) is 10.4. The average molecular weight is 359 g/mol. The SMILES string of the molecule is Cc1cc(Br)c(NC(C)c2ccn[nH]2)c(Br)c1. The number of hydrogen-bond acceptors (Lipinski definition) is 2. The third kappa shape index (κ3) is 2.90. The Morgan fingerprint density at radius 2 is 1.94 bits per heavy atom. The van der Waals surface area contributed by atoms with Crippen molar-refractivity contribution in [3.8, 4) is 0 Å². The number of aromatic nitrogens is 2. The summed E-state index contributed by atoms with van der Waals surface area (Å²) in [7, 11) is 0. The predicted molar refractivity (Wildman–Crippen MR) is 77.2 cm³/mol. The van der Waals surface area contributed by atoms with Crippen LogP contribution in [0.2, 0.25) is 0 Å². The molecule has 0 aliphatic carbocycles. The van der Waals surface area contributed by atoms with Gasteiger partial charge in [-0.05, 0) is 69.5 Å². The summed E-state index contributed by atoms with van der Waals surface area (Å²) in [5.41, 5.74) is 3.32. The maximum absolute atomic E-state index is 3.96. The van der Waals surface area contributed by atoms with Gasteiger partial charge in [-0.15, -0.1) is 0 Å². The minimum atomic E-state index is 0.174. The predicted octanol–water partition coefficient (Wildman–Crippen LogP) is 4.42. The first kappa shape index (κ1) is 12.6. The molecular weight excluding hydrogens is 346 g/mol. The van der Waals surface area contributed by atoms with Crippen LogP contribution in [0.15, 0.2) is 33.3 Å². The zero-order chi connectivity index (χ0) is 12.4. The van der Waals surface area contributed by atoms with Crippen molar-refractivity contribution in [2.75, 3.05) is 5.32 Å². The highest BCUT2D eigenvalue weighted by molar-refractivity contribution is 9.11. The van der Waals surface area contributed by atoms with Gasteiger partial charge in [0.1, 0.15) is 0 Å². The highest BCUT2D eigenvalue weighted by Crippen LogP contribution is 2.34. The fraction of sp³-hybridized carbons (Fsp3) is 0.250. The molecule has 0 saturated carbocycles. The normalized spacial score (nSPS) is 12.5. The van der Waals surface area contributed by atoms with Crippen molar-refractivity contribution in [3.05, 3.63) is 44.6 Å². The average Bonchev–Trinajstić information content (AvgIpc) is 2.76. The van der Waals surface area contributed by atoms with E-state index in [1.807, 2.05) is 6.07 Å². The van der Waals surface area contributed by atoms with Crippen molar-refractivity contribution in [1.82, 2.24) is 10.2 Å². The minimum absolute atomic E-state index is 0.174. The molecule has 2 N–H and O–H groups in total. The van der Waals surface area contributed by atoms with Gasteiger partial charge in [0.2, 0.25) is 0 Å². The van der Waals surface area contributed by atoms with Crippen molar-refractivity contribution in [1.29, 1.82) is 0 Å². The second-order valence-corrected chi connectivity index (χ2v) is 5.69. The molecule has 1 heterocycles. The van der Waals surface area contributed by atoms with E-state index in [0.29, 0.717) is 0 Å². The fourth-order valence-electron chi connectivity index (χ4n) is 1.64. The molecule has 90 valence electrons. The minimum Gasteiger partial charge on any atom is -0.375 e. The fourth-order valence-corrected chi connectivity index (χ4v) is 3.28. The molecule has 0 radical (unpaired) electrons. The zero-order valence-electron chi connectivity index (χ0n) is 9.59. The first-order valence-corrected chi connectivity index (χ1v) is 6.88. The van der Waals surface area contributed by atoms with Gasteiger partial charge in [-0.3, -0.25) is 5.10 Å². The number of aromatic amines is 1. The third-order valence-electron chi connectivity index (χ3n) is 2.54. The van der Waals surface area contributed by atoms with E-state index < -0.39 is 0 Å². The maximum Gasteiger partial charge on any atom is 0.0652 e. The molecular formula is C12H13Br2N3. The molecule has 2 aromatic rings. The van der Waals surface area contributed by atoms with Crippen LogP contribution in [0.3, 0.4) is 0 Å². The molecule has 0 aliphatic heterocycles. The zero-order valence-corrected chi connectivity index (χ0v) is 12.8. The van der Waals surface area contributed by atoms with Crippen LogP contribution < -0.4 is 5.32 Å². The first-order chi connectivity index (χ1) is 8.08. The number of nitrogens with one attached hydrogen (secondary N) is 2. The van der Waals surface area contributed by atoms with E-state index in [9.17, 15) is 0 Å². The van der Waals surface area contributed by atoms with Crippen LogP contribution in [-0.4, -0.2) is 10.2 Å². The van der Waals surface area contributed by atoms with E-state index in [1.165, 1.54) is 5.56 Å². The third-order valence-corrected chi connectivity index (χ3v) is 3.79. The van der Waals surface area contributed by atoms with Gasteiger partial charge in [0.25, 0.3) is 0 Å². The highest BCUT2D eigenvalue weighted by Gasteiger charge is 2.11. The van der Waals surface area contributed by atoms with E-state index in [2.05, 4.69) is 73.4 Å². The number of rotatable bonds is 3. The lowest BCUT2D eigenvalue weighted by Gasteiger charge is -2.17. The summed E-state index contributed by atoms with van der Waals surface area (Å²) < 4.78 is 2.10. The Hall–Kier alpha value is -0.810. The number of halogens is 2. The lowest BCUT2D eigenvalue weighted by molar-refractivity contribution is 0.824. The summed E-state index contributed by atoms with van der Waals surface area (Å²) >= 11 is 7.14. The monoisotopic (exact) mass is 357 g/mol. The van der Waals surface area contributed by atoms with E-state index in [-0.39, 0.29) is 6.04 Å². The van der Waals surface area contributed by atoms with Gasteiger partial charge in [0.15, 0.2) is 0 Å². The van der Waals surface area contributed by atoms with Gasteiger partial charge in [-0.2, -0.15) is 5.10 Å². The molecule has 5 heteroatoms. The molecule has 0 saturated heterocycles. The van der Waals surface area contributed by atoms with Crippen LogP contribution in [0, 0.1) is 6.92 Å². The number of anilines is 1. The van der Waals surface area contributed by atoms with Gasteiger partial charge in [0.05, 0.1) is 17.4 Å². The molecule has 17 heavy (non-hydrogen) atoms. The number of aryl methyl sites for hydroxylation is 1. The van der Waals surface area contributed by atoms with Gasteiger partial charge in [-0.25, -0.2) is 0 Å². The summed E-state index contributed by atoms with van der Waals surface area (Å²) in [6.45, 7) is 4.16. The molecule has 1 aromatic heterocycles. The van der Waals surface area contributed by atoms with Crippen LogP contribution >= 0.6 is 31.9 Å². The quantitative estimate of drug-likeness (QED) is 0.852. The number of nitrogens with zero attached hydrogens (tertiary/aromatic N) is 1. The molecule has 0 amide bonds. The standard InChI is InChI=1S/C12H13Br2N3/c1-7-5-9(13)12(10(14)6-7)16-8(2)11-3-4-15-17-11/h3-6,8,16H,1-2H3,(H,15,17). The Balaban J connectivity index is 2.25. The molecule has 3 nitrogen and oxygen atoms in total. The van der Waals surface area contributed by atoms with Crippen molar-refractivity contribution in [2.45, 2.75) is 19.9 Å².